The Kier molecular flexibility index (Phi) is 24.2. The zero-order chi connectivity index (χ0) is 32.2. The van der Waals surface area contributed by atoms with E-state index in [1.54, 1.807) is 42.3 Å². The van der Waals surface area contributed by atoms with E-state index in [-0.39, 0.29) is 26.2 Å². The number of aromatic nitrogens is 1. The van der Waals surface area contributed by atoms with Crippen LogP contribution < -0.4 is 4.98 Å². The van der Waals surface area contributed by atoms with E-state index in [9.17, 15) is 0 Å². The van der Waals surface area contributed by atoms with E-state index in [0.29, 0.717) is 23.7 Å². The zero-order valence-corrected chi connectivity index (χ0v) is 31.7. The fourth-order valence-corrected chi connectivity index (χ4v) is 4.12. The molecular weight excluding hydrogens is 608 g/mol. The average Bonchev–Trinajstić information content (AvgIpc) is 3.39. The second-order valence-corrected chi connectivity index (χ2v) is 11.3. The molecule has 0 aliphatic heterocycles. The van der Waals surface area contributed by atoms with Crippen LogP contribution in [0, 0.1) is 0 Å². The van der Waals surface area contributed by atoms with Crippen LogP contribution in [0.25, 0.3) is 16.0 Å². The van der Waals surface area contributed by atoms with Gasteiger partial charge in [-0.15, -0.1) is 11.4 Å². The van der Waals surface area contributed by atoms with Gasteiger partial charge in [0, 0.05) is 12.4 Å². The van der Waals surface area contributed by atoms with Gasteiger partial charge in [-0.25, -0.2) is 0 Å². The Bertz CT molecular complexity index is 1050. The molecule has 0 amide bonds. The molecule has 0 unspecified atom stereocenters. The Labute approximate surface area is 283 Å². The number of hydrogen-bond donors (Lipinski definition) is 0. The minimum atomic E-state index is 0. The second kappa shape index (κ2) is 24.2. The van der Waals surface area contributed by atoms with E-state index < -0.39 is 0 Å². The van der Waals surface area contributed by atoms with Gasteiger partial charge in [-0.1, -0.05) is 104 Å². The molecule has 0 saturated heterocycles. The fraction of sp³-hybridized carbons (Fsp3) is 0.500. The Balaban J connectivity index is 0. The molecule has 0 fully saturated rings. The smallest absolute Gasteiger partial charge is 0.668 e. The summed E-state index contributed by atoms with van der Waals surface area (Å²) in [7, 11) is 10.5. The Morgan fingerprint density at radius 1 is 0.488 bits per heavy atom. The van der Waals surface area contributed by atoms with Gasteiger partial charge in [-0.2, -0.15) is 42.3 Å². The van der Waals surface area contributed by atoms with E-state index in [1.165, 1.54) is 22.3 Å². The maximum Gasteiger partial charge on any atom is 4.00 e. The molecule has 3 aromatic rings. The van der Waals surface area contributed by atoms with Crippen molar-refractivity contribution in [3.63, 3.8) is 0 Å². The first-order valence-electron chi connectivity index (χ1n) is 14.8. The molecule has 0 spiro atoms. The molecule has 0 atom stereocenters. The monoisotopic (exact) mass is 662 g/mol. The van der Waals surface area contributed by atoms with Crippen LogP contribution in [0.5, 0.6) is 0 Å². The van der Waals surface area contributed by atoms with E-state index in [0.717, 1.165) is 22.8 Å². The van der Waals surface area contributed by atoms with Crippen LogP contribution >= 0.6 is 0 Å². The van der Waals surface area contributed by atoms with Gasteiger partial charge in [-0.3, -0.25) is 9.98 Å². The fourth-order valence-electron chi connectivity index (χ4n) is 4.12. The van der Waals surface area contributed by atoms with Gasteiger partial charge in [0.1, 0.15) is 0 Å². The summed E-state index contributed by atoms with van der Waals surface area (Å²) >= 11 is 0. The number of rotatable bonds is 8. The third kappa shape index (κ3) is 15.4. The summed E-state index contributed by atoms with van der Waals surface area (Å²) < 4.78 is 0. The Morgan fingerprint density at radius 2 is 0.721 bits per heavy atom. The molecule has 1 heterocycles. The summed E-state index contributed by atoms with van der Waals surface area (Å²) in [4.78, 5) is 14.5. The number of aliphatic imine (C=N–C) groups is 2. The maximum atomic E-state index is 4.89. The van der Waals surface area contributed by atoms with Crippen LogP contribution in [0.2, 0.25) is 0 Å². The molecule has 43 heavy (non-hydrogen) atoms. The summed E-state index contributed by atoms with van der Waals surface area (Å²) in [6.45, 7) is 17.7. The summed E-state index contributed by atoms with van der Waals surface area (Å²) in [5.41, 5.74) is 8.96. The summed E-state index contributed by atoms with van der Waals surface area (Å²) in [5.74, 6) is 1.68. The first kappa shape index (κ1) is 43.0. The van der Waals surface area contributed by atoms with E-state index >= 15 is 0 Å². The number of nitrogens with zero attached hydrogens (tertiary/aromatic N) is 6. The number of benzene rings is 2. The third-order valence-corrected chi connectivity index (χ3v) is 6.02. The van der Waals surface area contributed by atoms with Crippen molar-refractivity contribution in [3.05, 3.63) is 98.1 Å². The van der Waals surface area contributed by atoms with Gasteiger partial charge in [0.2, 0.25) is 0 Å². The van der Waals surface area contributed by atoms with Gasteiger partial charge in [0.15, 0.2) is 0 Å². The standard InChI is InChI=1S/C30H38N3.3C2H6N.Zr/c1-19(2)25-11-9-12-26(20(3)4)29(25)31-17-23-15-16-24(33-23)18-32-30-27(21(5)6)13-10-14-28(30)22(7)8;3*1-3-2;/h9-22H,1-8H3;3*1-2H3;/q4*-1;+4. The molecule has 0 radical (unpaired) electrons. The average molecular weight is 664 g/mol. The molecule has 234 valence electrons. The van der Waals surface area contributed by atoms with Crippen LogP contribution in [0.1, 0.15) is 113 Å². The van der Waals surface area contributed by atoms with Crippen LogP contribution in [0.3, 0.4) is 0 Å². The van der Waals surface area contributed by atoms with Gasteiger partial charge in [0.05, 0.1) is 11.4 Å². The third-order valence-electron chi connectivity index (χ3n) is 6.02. The summed E-state index contributed by atoms with van der Waals surface area (Å²) in [6, 6.07) is 17.0. The molecule has 7 heteroatoms. The second-order valence-electron chi connectivity index (χ2n) is 11.3. The number of hydrogen-bond acceptors (Lipinski definition) is 2. The van der Waals surface area contributed by atoms with Crippen molar-refractivity contribution in [2.75, 3.05) is 42.3 Å². The predicted octanol–water partition coefficient (Wildman–Crippen LogP) is 10.5. The molecule has 6 nitrogen and oxygen atoms in total. The molecule has 3 rings (SSSR count). The quantitative estimate of drug-likeness (QED) is 0.221. The Hall–Kier alpha value is -2.18. The van der Waals surface area contributed by atoms with E-state index in [4.69, 9.17) is 15.0 Å². The van der Waals surface area contributed by atoms with Crippen molar-refractivity contribution in [3.8, 4) is 0 Å². The molecule has 0 aliphatic carbocycles. The summed E-state index contributed by atoms with van der Waals surface area (Å²) in [6.07, 6.45) is 3.76. The van der Waals surface area contributed by atoms with Crippen LogP contribution in [-0.4, -0.2) is 54.7 Å². The van der Waals surface area contributed by atoms with Crippen molar-refractivity contribution >= 4 is 23.8 Å². The minimum absolute atomic E-state index is 0. The number of para-hydroxylation sites is 2. The van der Waals surface area contributed by atoms with E-state index in [2.05, 4.69) is 108 Å². The first-order chi connectivity index (χ1) is 19.9. The predicted molar refractivity (Wildman–Crippen MR) is 189 cm³/mol. The maximum absolute atomic E-state index is 4.89. The SMILES string of the molecule is CC(C)c1cccc(C(C)C)c1N=Cc1ccc(C=Nc2c(C(C)C)cccc2C(C)C)[n-]1.C[N-]C.C[N-]C.C[N-]C.[Zr+4]. The van der Waals surface area contributed by atoms with Crippen molar-refractivity contribution < 1.29 is 26.2 Å². The van der Waals surface area contributed by atoms with Crippen LogP contribution in [0.4, 0.5) is 11.4 Å². The van der Waals surface area contributed by atoms with Gasteiger partial charge >= 0.3 is 26.2 Å². The molecule has 0 bridgehead atoms. The van der Waals surface area contributed by atoms with Crippen molar-refractivity contribution in [2.24, 2.45) is 9.98 Å². The van der Waals surface area contributed by atoms with Gasteiger partial charge in [0.25, 0.3) is 0 Å². The molecule has 0 N–H and O–H groups in total. The molecule has 1 aromatic heterocycles. The molecule has 2 aromatic carbocycles. The van der Waals surface area contributed by atoms with Crippen molar-refractivity contribution in [1.82, 2.24) is 4.98 Å². The minimum Gasteiger partial charge on any atom is -0.668 e. The van der Waals surface area contributed by atoms with Crippen molar-refractivity contribution in [1.29, 1.82) is 0 Å². The molecular formula is C36H56N6Zr. The summed E-state index contributed by atoms with van der Waals surface area (Å²) in [5, 5.41) is 10.5. The largest absolute Gasteiger partial charge is 4.00 e. The van der Waals surface area contributed by atoms with Gasteiger partial charge < -0.3 is 20.9 Å². The molecule has 0 aliphatic rings. The molecule has 0 saturated carbocycles. The van der Waals surface area contributed by atoms with E-state index in [1.807, 2.05) is 24.6 Å². The topological polar surface area (TPSA) is 81.1 Å². The Morgan fingerprint density at radius 3 is 0.930 bits per heavy atom. The van der Waals surface area contributed by atoms with Gasteiger partial charge in [-0.05, 0) is 45.9 Å². The normalized spacial score (nSPS) is 10.8. The van der Waals surface area contributed by atoms with Crippen LogP contribution in [0.15, 0.2) is 58.5 Å². The van der Waals surface area contributed by atoms with Crippen LogP contribution in [-0.2, 0) is 26.2 Å². The van der Waals surface area contributed by atoms with Crippen molar-refractivity contribution in [2.45, 2.75) is 79.1 Å². The first-order valence-corrected chi connectivity index (χ1v) is 14.8. The zero-order valence-electron chi connectivity index (χ0n) is 29.3.